The van der Waals surface area contributed by atoms with E-state index >= 15 is 0 Å². The number of hydrogen-bond donors (Lipinski definition) is 3. The number of halogens is 1. The summed E-state index contributed by atoms with van der Waals surface area (Å²) in [4.78, 5) is 36.2. The number of benzene rings is 3. The van der Waals surface area contributed by atoms with E-state index in [1.54, 1.807) is 66.7 Å². The SMILES string of the molecule is COc1ccccc1NC(=O)C(=O)N/N=C\c1ccc(OCC(=O)Nc2cccc(Cl)c2C)cc1. The molecule has 3 aromatic rings. The van der Waals surface area contributed by atoms with Gasteiger partial charge in [-0.1, -0.05) is 29.8 Å². The van der Waals surface area contributed by atoms with Gasteiger partial charge in [0.25, 0.3) is 5.91 Å². The first kappa shape index (κ1) is 25.3. The molecule has 0 unspecified atom stereocenters. The number of rotatable bonds is 8. The van der Waals surface area contributed by atoms with Crippen LogP contribution in [-0.2, 0) is 14.4 Å². The fraction of sp³-hybridized carbons (Fsp3) is 0.120. The van der Waals surface area contributed by atoms with Gasteiger partial charge in [-0.15, -0.1) is 0 Å². The van der Waals surface area contributed by atoms with Gasteiger partial charge in [0.05, 0.1) is 19.0 Å². The van der Waals surface area contributed by atoms with E-state index in [0.717, 1.165) is 5.56 Å². The summed E-state index contributed by atoms with van der Waals surface area (Å²) < 4.78 is 10.6. The second-order valence-corrected chi connectivity index (χ2v) is 7.58. The van der Waals surface area contributed by atoms with Crippen molar-refractivity contribution in [1.29, 1.82) is 0 Å². The molecular weight excluding hydrogens is 472 g/mol. The van der Waals surface area contributed by atoms with Crippen molar-refractivity contribution in [3.8, 4) is 11.5 Å². The molecule has 3 aromatic carbocycles. The molecule has 35 heavy (non-hydrogen) atoms. The predicted octanol–water partition coefficient (Wildman–Crippen LogP) is 3.76. The lowest BCUT2D eigenvalue weighted by Gasteiger charge is -2.10. The largest absolute Gasteiger partial charge is 0.495 e. The van der Waals surface area contributed by atoms with Crippen molar-refractivity contribution < 1.29 is 23.9 Å². The van der Waals surface area contributed by atoms with Gasteiger partial charge in [-0.25, -0.2) is 5.43 Å². The molecule has 0 aliphatic heterocycles. The molecule has 0 saturated carbocycles. The molecule has 0 fully saturated rings. The van der Waals surface area contributed by atoms with E-state index in [0.29, 0.717) is 33.5 Å². The van der Waals surface area contributed by atoms with Crippen LogP contribution in [0.3, 0.4) is 0 Å². The van der Waals surface area contributed by atoms with Crippen molar-refractivity contribution >= 4 is 46.9 Å². The lowest BCUT2D eigenvalue weighted by molar-refractivity contribution is -0.136. The van der Waals surface area contributed by atoms with Crippen LogP contribution in [0.5, 0.6) is 11.5 Å². The van der Waals surface area contributed by atoms with Crippen LogP contribution < -0.4 is 25.5 Å². The number of nitrogens with one attached hydrogen (secondary N) is 3. The fourth-order valence-electron chi connectivity index (χ4n) is 2.87. The molecule has 0 atom stereocenters. The summed E-state index contributed by atoms with van der Waals surface area (Å²) in [6, 6.07) is 18.6. The first-order chi connectivity index (χ1) is 16.9. The minimum atomic E-state index is -0.937. The Morgan fingerprint density at radius 2 is 1.63 bits per heavy atom. The van der Waals surface area contributed by atoms with Gasteiger partial charge >= 0.3 is 11.8 Å². The highest BCUT2D eigenvalue weighted by atomic mass is 35.5. The number of anilines is 2. The third-order valence-electron chi connectivity index (χ3n) is 4.73. The molecule has 3 amide bonds. The Kier molecular flexibility index (Phi) is 8.80. The van der Waals surface area contributed by atoms with Crippen LogP contribution in [0.1, 0.15) is 11.1 Å². The zero-order valence-electron chi connectivity index (χ0n) is 19.0. The molecular formula is C25H23ClN4O5. The maximum absolute atomic E-state index is 12.1. The number of para-hydroxylation sites is 2. The monoisotopic (exact) mass is 494 g/mol. The van der Waals surface area contributed by atoms with Crippen LogP contribution in [0.25, 0.3) is 0 Å². The van der Waals surface area contributed by atoms with Crippen LogP contribution in [0.2, 0.25) is 5.02 Å². The molecule has 3 N–H and O–H groups in total. The summed E-state index contributed by atoms with van der Waals surface area (Å²) >= 11 is 6.06. The van der Waals surface area contributed by atoms with E-state index in [2.05, 4.69) is 21.2 Å². The van der Waals surface area contributed by atoms with Crippen molar-refractivity contribution in [1.82, 2.24) is 5.43 Å². The number of nitrogens with zero attached hydrogens (tertiary/aromatic N) is 1. The predicted molar refractivity (Wildman–Crippen MR) is 134 cm³/mol. The molecule has 180 valence electrons. The summed E-state index contributed by atoms with van der Waals surface area (Å²) in [5, 5.41) is 9.55. The molecule has 0 aromatic heterocycles. The Bertz CT molecular complexity index is 1240. The number of ether oxygens (including phenoxy) is 2. The Labute approximate surface area is 207 Å². The first-order valence-corrected chi connectivity index (χ1v) is 10.8. The van der Waals surface area contributed by atoms with Gasteiger partial charge in [0, 0.05) is 10.7 Å². The van der Waals surface area contributed by atoms with Crippen molar-refractivity contribution in [2.45, 2.75) is 6.92 Å². The standard InChI is InChI=1S/C25H23ClN4O5/c1-16-19(26)6-5-8-20(16)28-23(31)15-35-18-12-10-17(11-13-18)14-27-30-25(33)24(32)29-21-7-3-4-9-22(21)34-2/h3-14H,15H2,1-2H3,(H,28,31)(H,29,32)(H,30,33)/b27-14-. The summed E-state index contributed by atoms with van der Waals surface area (Å²) in [6.07, 6.45) is 1.37. The molecule has 0 spiro atoms. The number of hydrazone groups is 1. The molecule has 0 aliphatic rings. The number of methoxy groups -OCH3 is 1. The molecule has 9 nitrogen and oxygen atoms in total. The zero-order chi connectivity index (χ0) is 25.2. The topological polar surface area (TPSA) is 118 Å². The minimum Gasteiger partial charge on any atom is -0.495 e. The van der Waals surface area contributed by atoms with E-state index in [9.17, 15) is 14.4 Å². The van der Waals surface area contributed by atoms with Gasteiger partial charge in [0.1, 0.15) is 11.5 Å². The van der Waals surface area contributed by atoms with Gasteiger partial charge in [-0.05, 0) is 66.6 Å². The number of carbonyl (C=O) groups excluding carboxylic acids is 3. The van der Waals surface area contributed by atoms with Gasteiger partial charge in [-0.3, -0.25) is 14.4 Å². The third kappa shape index (κ3) is 7.31. The van der Waals surface area contributed by atoms with E-state index in [4.69, 9.17) is 21.1 Å². The summed E-state index contributed by atoms with van der Waals surface area (Å²) in [6.45, 7) is 1.63. The van der Waals surface area contributed by atoms with Crippen LogP contribution >= 0.6 is 11.6 Å². The molecule has 0 aliphatic carbocycles. The van der Waals surface area contributed by atoms with Crippen LogP contribution in [0.4, 0.5) is 11.4 Å². The van der Waals surface area contributed by atoms with Gasteiger partial charge in [-0.2, -0.15) is 5.10 Å². The maximum atomic E-state index is 12.1. The van der Waals surface area contributed by atoms with Crippen LogP contribution in [0.15, 0.2) is 71.8 Å². The summed E-state index contributed by atoms with van der Waals surface area (Å²) in [5.41, 5.74) is 4.56. The second-order valence-electron chi connectivity index (χ2n) is 7.17. The molecule has 0 radical (unpaired) electrons. The zero-order valence-corrected chi connectivity index (χ0v) is 19.8. The number of hydrogen-bond acceptors (Lipinski definition) is 6. The van der Waals surface area contributed by atoms with E-state index in [1.165, 1.54) is 13.3 Å². The summed E-state index contributed by atoms with van der Waals surface area (Å²) in [7, 11) is 1.46. The van der Waals surface area contributed by atoms with E-state index in [-0.39, 0.29) is 12.5 Å². The van der Waals surface area contributed by atoms with Gasteiger partial charge in [0.2, 0.25) is 0 Å². The summed E-state index contributed by atoms with van der Waals surface area (Å²) in [5.74, 6) is -1.25. The first-order valence-electron chi connectivity index (χ1n) is 10.4. The average molecular weight is 495 g/mol. The molecule has 10 heteroatoms. The maximum Gasteiger partial charge on any atom is 0.329 e. The fourth-order valence-corrected chi connectivity index (χ4v) is 3.05. The second kappa shape index (κ2) is 12.2. The number of amides is 3. The van der Waals surface area contributed by atoms with Crippen molar-refractivity contribution in [3.05, 3.63) is 82.9 Å². The third-order valence-corrected chi connectivity index (χ3v) is 5.14. The Hall–Kier alpha value is -4.37. The quantitative estimate of drug-likeness (QED) is 0.250. The van der Waals surface area contributed by atoms with E-state index in [1.807, 2.05) is 6.92 Å². The van der Waals surface area contributed by atoms with Crippen molar-refractivity contribution in [2.24, 2.45) is 5.10 Å². The van der Waals surface area contributed by atoms with Crippen molar-refractivity contribution in [2.75, 3.05) is 24.4 Å². The Morgan fingerprint density at radius 3 is 2.37 bits per heavy atom. The van der Waals surface area contributed by atoms with Crippen LogP contribution in [0, 0.1) is 6.92 Å². The highest BCUT2D eigenvalue weighted by molar-refractivity contribution is 6.39. The molecule has 0 bridgehead atoms. The van der Waals surface area contributed by atoms with Crippen LogP contribution in [-0.4, -0.2) is 37.7 Å². The smallest absolute Gasteiger partial charge is 0.329 e. The lowest BCUT2D eigenvalue weighted by atomic mass is 10.2. The highest BCUT2D eigenvalue weighted by Gasteiger charge is 2.15. The molecule has 0 saturated heterocycles. The number of carbonyl (C=O) groups is 3. The van der Waals surface area contributed by atoms with Crippen molar-refractivity contribution in [3.63, 3.8) is 0 Å². The highest BCUT2D eigenvalue weighted by Crippen LogP contribution is 2.23. The van der Waals surface area contributed by atoms with Gasteiger partial charge < -0.3 is 20.1 Å². The lowest BCUT2D eigenvalue weighted by Crippen LogP contribution is -2.32. The van der Waals surface area contributed by atoms with Gasteiger partial charge in [0.15, 0.2) is 6.61 Å². The molecule has 0 heterocycles. The minimum absolute atomic E-state index is 0.184. The molecule has 3 rings (SSSR count). The van der Waals surface area contributed by atoms with E-state index < -0.39 is 11.8 Å². The normalized spacial score (nSPS) is 10.5. The Balaban J connectivity index is 1.46. The Morgan fingerprint density at radius 1 is 0.914 bits per heavy atom. The average Bonchev–Trinajstić information content (AvgIpc) is 2.86.